The lowest BCUT2D eigenvalue weighted by Gasteiger charge is -2.36. The van der Waals surface area contributed by atoms with Gasteiger partial charge in [-0.25, -0.2) is 0 Å². The summed E-state index contributed by atoms with van der Waals surface area (Å²) in [6, 6.07) is 9.81. The first-order valence-electron chi connectivity index (χ1n) is 8.32. The summed E-state index contributed by atoms with van der Waals surface area (Å²) in [5.74, 6) is 2.24. The van der Waals surface area contributed by atoms with Crippen LogP contribution in [-0.2, 0) is 6.54 Å². The third-order valence-corrected chi connectivity index (χ3v) is 4.55. The molecule has 0 unspecified atom stereocenters. The molecule has 0 bridgehead atoms. The maximum Gasteiger partial charge on any atom is 0.231 e. The van der Waals surface area contributed by atoms with Gasteiger partial charge in [-0.15, -0.1) is 0 Å². The van der Waals surface area contributed by atoms with Gasteiger partial charge in [-0.1, -0.05) is 11.2 Å². The number of pyridine rings is 1. The van der Waals surface area contributed by atoms with Gasteiger partial charge in [-0.3, -0.25) is 9.88 Å². The van der Waals surface area contributed by atoms with Crippen molar-refractivity contribution < 1.29 is 14.7 Å². The molecule has 1 fully saturated rings. The van der Waals surface area contributed by atoms with E-state index in [-0.39, 0.29) is 0 Å². The molecule has 4 rings (SSSR count). The Morgan fingerprint density at radius 3 is 2.56 bits per heavy atom. The maximum atomic E-state index is 9.41. The summed E-state index contributed by atoms with van der Waals surface area (Å²) < 4.78 is 10.8. The van der Waals surface area contributed by atoms with E-state index in [0.717, 1.165) is 49.8 Å². The summed E-state index contributed by atoms with van der Waals surface area (Å²) in [5, 5.41) is 12.9. The molecule has 0 amide bonds. The number of piperazine rings is 1. The monoisotopic (exact) mass is 340 g/mol. The zero-order valence-corrected chi connectivity index (χ0v) is 13.8. The van der Waals surface area contributed by atoms with E-state index in [0.29, 0.717) is 12.6 Å². The molecular weight excluding hydrogens is 320 g/mol. The number of rotatable bonds is 3. The molecule has 25 heavy (non-hydrogen) atoms. The average molecular weight is 340 g/mol. The fourth-order valence-corrected chi connectivity index (χ4v) is 3.22. The Kier molecular flexibility index (Phi) is 4.39. The Hall–Kier alpha value is -2.80. The van der Waals surface area contributed by atoms with Gasteiger partial charge in [0.25, 0.3) is 0 Å². The molecule has 7 heteroatoms. The Labute approximate surface area is 146 Å². The number of oxime groups is 1. The largest absolute Gasteiger partial charge is 0.454 e. The lowest BCUT2D eigenvalue weighted by molar-refractivity contribution is 0.170. The normalized spacial score (nSPS) is 17.8. The van der Waals surface area contributed by atoms with E-state index in [2.05, 4.69) is 26.0 Å². The first kappa shape index (κ1) is 15.7. The molecule has 1 aromatic carbocycles. The maximum absolute atomic E-state index is 9.41. The third kappa shape index (κ3) is 3.36. The van der Waals surface area contributed by atoms with E-state index in [1.165, 1.54) is 5.56 Å². The van der Waals surface area contributed by atoms with E-state index in [1.807, 2.05) is 24.3 Å². The van der Waals surface area contributed by atoms with Gasteiger partial charge in [0.2, 0.25) is 6.79 Å². The van der Waals surface area contributed by atoms with Gasteiger partial charge < -0.3 is 19.6 Å². The molecule has 0 aliphatic carbocycles. The number of hydrogen-bond donors (Lipinski definition) is 1. The summed E-state index contributed by atoms with van der Waals surface area (Å²) in [5.41, 5.74) is 2.09. The predicted molar refractivity (Wildman–Crippen MR) is 92.0 cm³/mol. The highest BCUT2D eigenvalue weighted by Gasteiger charge is 2.22. The van der Waals surface area contributed by atoms with E-state index >= 15 is 0 Å². The second-order valence-electron chi connectivity index (χ2n) is 6.11. The van der Waals surface area contributed by atoms with Gasteiger partial charge >= 0.3 is 0 Å². The number of ether oxygens (including phenoxy) is 2. The third-order valence-electron chi connectivity index (χ3n) is 4.55. The summed E-state index contributed by atoms with van der Waals surface area (Å²) in [6.07, 6.45) is 3.41. The first-order valence-corrected chi connectivity index (χ1v) is 8.32. The van der Waals surface area contributed by atoms with E-state index in [4.69, 9.17) is 9.47 Å². The standard InChI is InChI=1S/C18H20N4O3/c23-20-18(15-3-5-19-6-4-15)22-9-7-21(8-10-22)12-14-1-2-16-17(11-14)25-13-24-16/h1-6,11,23H,7-10,12-13H2/b20-18-. The van der Waals surface area contributed by atoms with Crippen molar-refractivity contribution in [3.05, 3.63) is 53.9 Å². The van der Waals surface area contributed by atoms with Gasteiger partial charge in [0, 0.05) is 50.7 Å². The quantitative estimate of drug-likeness (QED) is 0.397. The number of hydrogen-bond acceptors (Lipinski definition) is 6. The smallest absolute Gasteiger partial charge is 0.231 e. The van der Waals surface area contributed by atoms with Crippen LogP contribution < -0.4 is 9.47 Å². The lowest BCUT2D eigenvalue weighted by atomic mass is 10.1. The molecular formula is C18H20N4O3. The predicted octanol–water partition coefficient (Wildman–Crippen LogP) is 1.76. The highest BCUT2D eigenvalue weighted by molar-refractivity contribution is 5.98. The minimum Gasteiger partial charge on any atom is -0.454 e. The van der Waals surface area contributed by atoms with Crippen LogP contribution in [-0.4, -0.2) is 58.8 Å². The number of benzene rings is 1. The van der Waals surface area contributed by atoms with Crippen molar-refractivity contribution in [1.29, 1.82) is 0 Å². The van der Waals surface area contributed by atoms with Crippen LogP contribution in [0.2, 0.25) is 0 Å². The van der Waals surface area contributed by atoms with Gasteiger partial charge in [0.1, 0.15) is 0 Å². The molecule has 0 radical (unpaired) electrons. The van der Waals surface area contributed by atoms with Gasteiger partial charge in [0.15, 0.2) is 17.3 Å². The van der Waals surface area contributed by atoms with Crippen LogP contribution >= 0.6 is 0 Å². The zero-order chi connectivity index (χ0) is 17.1. The van der Waals surface area contributed by atoms with Crippen LogP contribution in [0.4, 0.5) is 0 Å². The Morgan fingerprint density at radius 1 is 1.04 bits per heavy atom. The molecule has 0 atom stereocenters. The fourth-order valence-electron chi connectivity index (χ4n) is 3.22. The highest BCUT2D eigenvalue weighted by atomic mass is 16.7. The van der Waals surface area contributed by atoms with Crippen molar-refractivity contribution in [3.63, 3.8) is 0 Å². The molecule has 2 aromatic rings. The van der Waals surface area contributed by atoms with Crippen molar-refractivity contribution in [2.24, 2.45) is 5.16 Å². The minimum atomic E-state index is 0.301. The van der Waals surface area contributed by atoms with E-state index < -0.39 is 0 Å². The molecule has 130 valence electrons. The summed E-state index contributed by atoms with van der Waals surface area (Å²) >= 11 is 0. The van der Waals surface area contributed by atoms with Crippen LogP contribution in [0.25, 0.3) is 0 Å². The Bertz CT molecular complexity index is 758. The van der Waals surface area contributed by atoms with E-state index in [1.54, 1.807) is 12.4 Å². The SMILES string of the molecule is O/N=C(/c1ccncc1)N1CCN(Cc2ccc3c(c2)OCO3)CC1. The number of amidine groups is 1. The molecule has 1 aromatic heterocycles. The van der Waals surface area contributed by atoms with Crippen molar-refractivity contribution >= 4 is 5.84 Å². The zero-order valence-electron chi connectivity index (χ0n) is 13.8. The van der Waals surface area contributed by atoms with Gasteiger partial charge in [0.05, 0.1) is 0 Å². The molecule has 2 aliphatic heterocycles. The molecule has 1 saturated heterocycles. The van der Waals surface area contributed by atoms with Crippen molar-refractivity contribution in [2.45, 2.75) is 6.54 Å². The van der Waals surface area contributed by atoms with Crippen molar-refractivity contribution in [2.75, 3.05) is 33.0 Å². The van der Waals surface area contributed by atoms with Crippen LogP contribution in [0, 0.1) is 0 Å². The molecule has 0 saturated carbocycles. The lowest BCUT2D eigenvalue weighted by Crippen LogP contribution is -2.48. The number of nitrogens with zero attached hydrogens (tertiary/aromatic N) is 4. The number of fused-ring (bicyclic) bond motifs is 1. The van der Waals surface area contributed by atoms with Crippen molar-refractivity contribution in [1.82, 2.24) is 14.8 Å². The van der Waals surface area contributed by atoms with Gasteiger partial charge in [-0.2, -0.15) is 0 Å². The van der Waals surface area contributed by atoms with E-state index in [9.17, 15) is 5.21 Å². The molecule has 7 nitrogen and oxygen atoms in total. The average Bonchev–Trinajstić information content (AvgIpc) is 3.12. The highest BCUT2D eigenvalue weighted by Crippen LogP contribution is 2.32. The second kappa shape index (κ2) is 6.98. The van der Waals surface area contributed by atoms with Gasteiger partial charge in [-0.05, 0) is 29.8 Å². The van der Waals surface area contributed by atoms with Crippen LogP contribution in [0.1, 0.15) is 11.1 Å². The van der Waals surface area contributed by atoms with Crippen molar-refractivity contribution in [3.8, 4) is 11.5 Å². The summed E-state index contributed by atoms with van der Waals surface area (Å²) in [6.45, 7) is 4.59. The molecule has 0 spiro atoms. The summed E-state index contributed by atoms with van der Waals surface area (Å²) in [7, 11) is 0. The first-order chi connectivity index (χ1) is 12.3. The molecule has 3 heterocycles. The Balaban J connectivity index is 1.37. The summed E-state index contributed by atoms with van der Waals surface area (Å²) in [4.78, 5) is 8.50. The molecule has 2 aliphatic rings. The Morgan fingerprint density at radius 2 is 1.80 bits per heavy atom. The second-order valence-corrected chi connectivity index (χ2v) is 6.11. The van der Waals surface area contributed by atoms with Crippen LogP contribution in [0.15, 0.2) is 47.9 Å². The van der Waals surface area contributed by atoms with Crippen LogP contribution in [0.5, 0.6) is 11.5 Å². The number of aromatic nitrogens is 1. The topological polar surface area (TPSA) is 70.4 Å². The minimum absolute atomic E-state index is 0.301. The fraction of sp³-hybridized carbons (Fsp3) is 0.333. The van der Waals surface area contributed by atoms with Crippen LogP contribution in [0.3, 0.4) is 0 Å². The molecule has 1 N–H and O–H groups in total.